The van der Waals surface area contributed by atoms with E-state index >= 15 is 0 Å². The summed E-state index contributed by atoms with van der Waals surface area (Å²) in [5, 5.41) is 4.12. The van der Waals surface area contributed by atoms with Gasteiger partial charge in [-0.25, -0.2) is 9.59 Å². The van der Waals surface area contributed by atoms with E-state index in [9.17, 15) is 14.4 Å². The third-order valence-electron chi connectivity index (χ3n) is 8.17. The lowest BCUT2D eigenvalue weighted by Crippen LogP contribution is -2.62. The number of methoxy groups -OCH3 is 1. The van der Waals surface area contributed by atoms with Gasteiger partial charge in [-0.3, -0.25) is 4.79 Å². The lowest BCUT2D eigenvalue weighted by molar-refractivity contribution is -0.282. The molecule has 0 spiro atoms. The summed E-state index contributed by atoms with van der Waals surface area (Å²) >= 11 is 0. The number of nitrogens with one attached hydrogen (secondary N) is 2. The minimum atomic E-state index is -1.04. The van der Waals surface area contributed by atoms with Crippen LogP contribution >= 0.6 is 0 Å². The Balaban J connectivity index is 1.25. The first-order chi connectivity index (χ1) is 21.7. The minimum absolute atomic E-state index is 0.00804. The summed E-state index contributed by atoms with van der Waals surface area (Å²) in [6.45, 7) is 3.63. The maximum atomic E-state index is 13.3. The number of benzene rings is 3. The zero-order valence-electron chi connectivity index (χ0n) is 24.7. The van der Waals surface area contributed by atoms with Crippen LogP contribution in [-0.2, 0) is 25.4 Å². The Morgan fingerprint density at radius 3 is 2.47 bits per heavy atom. The van der Waals surface area contributed by atoms with Crippen molar-refractivity contribution in [3.63, 3.8) is 0 Å². The first kappa shape index (κ1) is 28.6. The van der Waals surface area contributed by atoms with Crippen LogP contribution in [-0.4, -0.2) is 54.4 Å². The molecule has 2 N–H and O–H groups in total. The Bertz CT molecular complexity index is 1950. The molecule has 7 rings (SSSR count). The molecule has 2 saturated heterocycles. The number of rotatable bonds is 7. The van der Waals surface area contributed by atoms with Gasteiger partial charge in [0.25, 0.3) is 5.91 Å². The molecule has 0 aliphatic carbocycles. The number of amides is 1. The number of aromatic amines is 1. The van der Waals surface area contributed by atoms with Crippen molar-refractivity contribution < 1.29 is 37.7 Å². The second-order valence-corrected chi connectivity index (χ2v) is 11.6. The van der Waals surface area contributed by atoms with Gasteiger partial charge in [-0.15, -0.1) is 0 Å². The predicted octanol–water partition coefficient (Wildman–Crippen LogP) is 5.55. The molecule has 0 saturated carbocycles. The van der Waals surface area contributed by atoms with E-state index in [1.807, 2.05) is 68.4 Å². The van der Waals surface area contributed by atoms with E-state index in [1.165, 1.54) is 7.11 Å². The van der Waals surface area contributed by atoms with Gasteiger partial charge in [-0.1, -0.05) is 48.5 Å². The van der Waals surface area contributed by atoms with Crippen molar-refractivity contribution in [3.8, 4) is 5.75 Å². The molecule has 0 radical (unpaired) electrons. The van der Waals surface area contributed by atoms with Crippen molar-refractivity contribution in [2.75, 3.05) is 12.4 Å². The van der Waals surface area contributed by atoms with Crippen molar-refractivity contribution in [2.45, 2.75) is 50.5 Å². The Kier molecular flexibility index (Phi) is 7.06. The highest BCUT2D eigenvalue weighted by molar-refractivity contribution is 6.06. The number of para-hydroxylation sites is 1. The molecule has 0 unspecified atom stereocenters. The molecule has 4 atom stereocenters. The summed E-state index contributed by atoms with van der Waals surface area (Å²) in [5.41, 5.74) is 1.28. The molecule has 11 nitrogen and oxygen atoms in total. The largest absolute Gasteiger partial charge is 0.509 e. The van der Waals surface area contributed by atoms with Gasteiger partial charge >= 0.3 is 11.8 Å². The number of hydrogen-bond donors (Lipinski definition) is 2. The van der Waals surface area contributed by atoms with Gasteiger partial charge in [0.1, 0.15) is 28.8 Å². The SMILES string of the molecule is CO[C@@H]1[C@H]2OC(=O)O[C@H]2[C@H](Oc2ccc3cc(NC(=O)c4cc5ccccc5[nH]4)c(=O)oc3c2Cc2ccccc2)OC1(C)C. The first-order valence-electron chi connectivity index (χ1n) is 14.5. The van der Waals surface area contributed by atoms with Gasteiger partial charge in [0.15, 0.2) is 6.10 Å². The fourth-order valence-electron chi connectivity index (χ4n) is 6.07. The molecular weight excluding hydrogens is 580 g/mol. The Labute approximate surface area is 257 Å². The summed E-state index contributed by atoms with van der Waals surface area (Å²) in [6, 6.07) is 23.9. The normalized spacial score (nSPS) is 22.1. The second kappa shape index (κ2) is 11.1. The van der Waals surface area contributed by atoms with Crippen molar-refractivity contribution in [3.05, 3.63) is 106 Å². The zero-order chi connectivity index (χ0) is 31.3. The van der Waals surface area contributed by atoms with Crippen LogP contribution in [0.1, 0.15) is 35.5 Å². The number of ether oxygens (including phenoxy) is 5. The number of fused-ring (bicyclic) bond motifs is 3. The molecule has 2 aromatic heterocycles. The molecule has 5 aromatic rings. The van der Waals surface area contributed by atoms with Gasteiger partial charge in [0.05, 0.1) is 5.60 Å². The molecule has 2 aliphatic rings. The molecule has 1 amide bonds. The van der Waals surface area contributed by atoms with Crippen LogP contribution in [0.5, 0.6) is 5.75 Å². The summed E-state index contributed by atoms with van der Waals surface area (Å²) in [4.78, 5) is 41.5. The molecule has 4 heterocycles. The highest BCUT2D eigenvalue weighted by Crippen LogP contribution is 2.40. The molecular formula is C34H30N2O9. The second-order valence-electron chi connectivity index (χ2n) is 11.6. The molecule has 2 fully saturated rings. The van der Waals surface area contributed by atoms with E-state index in [1.54, 1.807) is 24.3 Å². The third-order valence-corrected chi connectivity index (χ3v) is 8.17. The fourth-order valence-corrected chi connectivity index (χ4v) is 6.07. The van der Waals surface area contributed by atoms with Gasteiger partial charge in [-0.05, 0) is 49.7 Å². The van der Waals surface area contributed by atoms with Crippen molar-refractivity contribution in [1.82, 2.24) is 4.98 Å². The van der Waals surface area contributed by atoms with Crippen LogP contribution in [0.3, 0.4) is 0 Å². The molecule has 230 valence electrons. The highest BCUT2D eigenvalue weighted by Gasteiger charge is 2.59. The van der Waals surface area contributed by atoms with Crippen LogP contribution in [0, 0.1) is 0 Å². The smallest absolute Gasteiger partial charge is 0.460 e. The number of carbonyl (C=O) groups is 2. The number of H-pyrrole nitrogens is 1. The summed E-state index contributed by atoms with van der Waals surface area (Å²) in [5.74, 6) is -0.112. The van der Waals surface area contributed by atoms with Crippen LogP contribution in [0.25, 0.3) is 21.9 Å². The van der Waals surface area contributed by atoms with E-state index in [0.717, 1.165) is 16.5 Å². The number of aromatic nitrogens is 1. The fraction of sp³-hybridized carbons (Fsp3) is 0.265. The van der Waals surface area contributed by atoms with Gasteiger partial charge in [0.2, 0.25) is 12.4 Å². The minimum Gasteiger partial charge on any atom is -0.460 e. The monoisotopic (exact) mass is 610 g/mol. The maximum Gasteiger partial charge on any atom is 0.509 e. The van der Waals surface area contributed by atoms with Crippen LogP contribution in [0.2, 0.25) is 0 Å². The summed E-state index contributed by atoms with van der Waals surface area (Å²) < 4.78 is 35.0. The Morgan fingerprint density at radius 1 is 0.933 bits per heavy atom. The topological polar surface area (TPSA) is 138 Å². The van der Waals surface area contributed by atoms with Gasteiger partial charge < -0.3 is 38.4 Å². The van der Waals surface area contributed by atoms with Crippen LogP contribution in [0.15, 0.2) is 88.1 Å². The molecule has 45 heavy (non-hydrogen) atoms. The van der Waals surface area contributed by atoms with Gasteiger partial charge in [0, 0.05) is 35.4 Å². The maximum absolute atomic E-state index is 13.3. The average molecular weight is 611 g/mol. The van der Waals surface area contributed by atoms with E-state index in [2.05, 4.69) is 10.3 Å². The summed E-state index contributed by atoms with van der Waals surface area (Å²) in [6.07, 6.45) is -3.78. The lowest BCUT2D eigenvalue weighted by atomic mass is 9.89. The van der Waals surface area contributed by atoms with E-state index in [4.69, 9.17) is 28.1 Å². The molecule has 11 heteroatoms. The Morgan fingerprint density at radius 2 is 1.69 bits per heavy atom. The van der Waals surface area contributed by atoms with Crippen molar-refractivity contribution in [2.24, 2.45) is 0 Å². The third kappa shape index (κ3) is 5.30. The Hall–Kier alpha value is -5.13. The van der Waals surface area contributed by atoms with Crippen LogP contribution < -0.4 is 15.7 Å². The number of hydrogen-bond acceptors (Lipinski definition) is 9. The van der Waals surface area contributed by atoms with E-state index in [-0.39, 0.29) is 11.3 Å². The average Bonchev–Trinajstić information content (AvgIpc) is 3.63. The molecule has 0 bridgehead atoms. The molecule has 2 aliphatic heterocycles. The van der Waals surface area contributed by atoms with Gasteiger partial charge in [-0.2, -0.15) is 0 Å². The lowest BCUT2D eigenvalue weighted by Gasteiger charge is -2.45. The highest BCUT2D eigenvalue weighted by atomic mass is 16.8. The standard InChI is InChI=1S/C34H30N2O9/c1-34(2)29(40-3)27-28(44-33(39)43-27)32(45-34)41-25-14-13-20-17-24(36-30(37)23-16-19-11-7-8-12-22(19)35-23)31(38)42-26(20)21(25)15-18-9-5-4-6-10-18/h4-14,16-17,27-29,32,35H,15H2,1-3H3,(H,36,37)/t27-,28+,29+,32+/m0/s1. The molecule has 3 aromatic carbocycles. The zero-order valence-corrected chi connectivity index (χ0v) is 24.7. The first-order valence-corrected chi connectivity index (χ1v) is 14.5. The summed E-state index contributed by atoms with van der Waals surface area (Å²) in [7, 11) is 1.51. The predicted molar refractivity (Wildman–Crippen MR) is 164 cm³/mol. The van der Waals surface area contributed by atoms with E-state index < -0.39 is 47.9 Å². The van der Waals surface area contributed by atoms with Crippen molar-refractivity contribution >= 4 is 39.6 Å². The number of carbonyl (C=O) groups excluding carboxylic acids is 2. The number of anilines is 1. The quantitative estimate of drug-likeness (QED) is 0.179. The van der Waals surface area contributed by atoms with Crippen LogP contribution in [0.4, 0.5) is 10.5 Å². The van der Waals surface area contributed by atoms with E-state index in [0.29, 0.717) is 28.8 Å². The van der Waals surface area contributed by atoms with Crippen molar-refractivity contribution in [1.29, 1.82) is 0 Å².